The molecule has 6 heteroatoms. The summed E-state index contributed by atoms with van der Waals surface area (Å²) in [6.45, 7) is 6.06. The number of nitrogens with one attached hydrogen (secondary N) is 1. The molecule has 3 heterocycles. The molecule has 1 atom stereocenters. The number of aryl methyl sites for hydroxylation is 1. The third-order valence-electron chi connectivity index (χ3n) is 4.69. The molecule has 0 bridgehead atoms. The van der Waals surface area contributed by atoms with E-state index < -0.39 is 0 Å². The van der Waals surface area contributed by atoms with Gasteiger partial charge >= 0.3 is 0 Å². The van der Waals surface area contributed by atoms with E-state index in [-0.39, 0.29) is 0 Å². The zero-order valence-electron chi connectivity index (χ0n) is 14.8. The average Bonchev–Trinajstić information content (AvgIpc) is 3.29. The zero-order chi connectivity index (χ0) is 17.2. The summed E-state index contributed by atoms with van der Waals surface area (Å²) in [5.74, 6) is 2.48. The van der Waals surface area contributed by atoms with Gasteiger partial charge in [-0.1, -0.05) is 26.0 Å². The molecular weight excluding hydrogens is 312 g/mol. The molecular formula is C19H24N6. The van der Waals surface area contributed by atoms with Crippen molar-refractivity contribution >= 4 is 0 Å². The molecule has 0 saturated carbocycles. The molecule has 1 aromatic carbocycles. The Hall–Kier alpha value is -2.47. The van der Waals surface area contributed by atoms with Gasteiger partial charge in [-0.05, 0) is 30.2 Å². The Bertz CT molecular complexity index is 816. The minimum absolute atomic E-state index is 0.387. The third kappa shape index (κ3) is 3.49. The van der Waals surface area contributed by atoms with Crippen molar-refractivity contribution in [2.45, 2.75) is 51.7 Å². The average molecular weight is 336 g/mol. The Labute approximate surface area is 147 Å². The van der Waals surface area contributed by atoms with Crippen LogP contribution >= 0.6 is 0 Å². The number of nitrogens with zero attached hydrogens (tertiary/aromatic N) is 5. The van der Waals surface area contributed by atoms with E-state index in [9.17, 15) is 0 Å². The number of aromatic nitrogens is 5. The molecule has 1 N–H and O–H groups in total. The first kappa shape index (κ1) is 16.0. The van der Waals surface area contributed by atoms with Crippen molar-refractivity contribution in [2.24, 2.45) is 0 Å². The lowest BCUT2D eigenvalue weighted by Gasteiger charge is -2.23. The Balaban J connectivity index is 1.35. The zero-order valence-corrected chi connectivity index (χ0v) is 14.8. The van der Waals surface area contributed by atoms with E-state index in [1.54, 1.807) is 6.20 Å². The third-order valence-corrected chi connectivity index (χ3v) is 4.69. The SMILES string of the molecule is CC(C)c1nc2n(n1)CC(NCc1ccc(-n3cccn3)cc1)CC2. The normalized spacial score (nSPS) is 17.0. The summed E-state index contributed by atoms with van der Waals surface area (Å²) in [5.41, 5.74) is 2.36. The molecule has 3 aromatic rings. The quantitative estimate of drug-likeness (QED) is 0.778. The summed E-state index contributed by atoms with van der Waals surface area (Å²) >= 11 is 0. The second kappa shape index (κ2) is 6.80. The molecule has 2 aromatic heterocycles. The highest BCUT2D eigenvalue weighted by Crippen LogP contribution is 2.17. The molecule has 1 aliphatic heterocycles. The maximum atomic E-state index is 4.65. The van der Waals surface area contributed by atoms with E-state index in [0.29, 0.717) is 12.0 Å². The summed E-state index contributed by atoms with van der Waals surface area (Å²) in [6, 6.07) is 10.9. The van der Waals surface area contributed by atoms with E-state index in [1.807, 2.05) is 16.9 Å². The maximum absolute atomic E-state index is 4.65. The Morgan fingerprint density at radius 1 is 1.24 bits per heavy atom. The first-order valence-electron chi connectivity index (χ1n) is 8.95. The molecule has 130 valence electrons. The fourth-order valence-electron chi connectivity index (χ4n) is 3.19. The largest absolute Gasteiger partial charge is 0.308 e. The maximum Gasteiger partial charge on any atom is 0.153 e. The van der Waals surface area contributed by atoms with Gasteiger partial charge in [-0.15, -0.1) is 0 Å². The lowest BCUT2D eigenvalue weighted by Crippen LogP contribution is -2.37. The molecule has 0 aliphatic carbocycles. The summed E-state index contributed by atoms with van der Waals surface area (Å²) in [6.07, 6.45) is 5.86. The monoisotopic (exact) mass is 336 g/mol. The Morgan fingerprint density at radius 3 is 2.80 bits per heavy atom. The molecule has 0 radical (unpaired) electrons. The van der Waals surface area contributed by atoms with Crippen LogP contribution in [0.25, 0.3) is 5.69 Å². The summed E-state index contributed by atoms with van der Waals surface area (Å²) in [4.78, 5) is 4.65. The van der Waals surface area contributed by atoms with Gasteiger partial charge in [0.05, 0.1) is 12.2 Å². The van der Waals surface area contributed by atoms with Crippen LogP contribution in [0, 0.1) is 0 Å². The predicted molar refractivity (Wildman–Crippen MR) is 96.6 cm³/mol. The highest BCUT2D eigenvalue weighted by molar-refractivity contribution is 5.33. The van der Waals surface area contributed by atoms with Gasteiger partial charge in [0.2, 0.25) is 0 Å². The molecule has 0 amide bonds. The van der Waals surface area contributed by atoms with Gasteiger partial charge in [0.15, 0.2) is 5.82 Å². The van der Waals surface area contributed by atoms with E-state index in [1.165, 1.54) is 5.56 Å². The van der Waals surface area contributed by atoms with Crippen LogP contribution < -0.4 is 5.32 Å². The molecule has 0 fully saturated rings. The van der Waals surface area contributed by atoms with Crippen molar-refractivity contribution in [1.82, 2.24) is 29.9 Å². The lowest BCUT2D eigenvalue weighted by molar-refractivity contribution is 0.357. The van der Waals surface area contributed by atoms with Crippen LogP contribution in [-0.4, -0.2) is 30.6 Å². The van der Waals surface area contributed by atoms with Gasteiger partial charge in [0, 0.05) is 37.3 Å². The number of hydrogen-bond acceptors (Lipinski definition) is 4. The second-order valence-corrected chi connectivity index (χ2v) is 6.96. The predicted octanol–water partition coefficient (Wildman–Crippen LogP) is 2.69. The number of benzene rings is 1. The summed E-state index contributed by atoms with van der Waals surface area (Å²) in [5, 5.41) is 12.6. The minimum atomic E-state index is 0.387. The van der Waals surface area contributed by atoms with Gasteiger partial charge in [0.25, 0.3) is 0 Å². The molecule has 1 unspecified atom stereocenters. The van der Waals surface area contributed by atoms with E-state index in [2.05, 4.69) is 63.3 Å². The van der Waals surface area contributed by atoms with Gasteiger partial charge in [-0.25, -0.2) is 14.3 Å². The summed E-state index contributed by atoms with van der Waals surface area (Å²) in [7, 11) is 0. The molecule has 25 heavy (non-hydrogen) atoms. The van der Waals surface area contributed by atoms with Gasteiger partial charge in [-0.2, -0.15) is 10.2 Å². The molecule has 0 saturated heterocycles. The summed E-state index contributed by atoms with van der Waals surface area (Å²) < 4.78 is 3.95. The van der Waals surface area contributed by atoms with Crippen molar-refractivity contribution < 1.29 is 0 Å². The van der Waals surface area contributed by atoms with Crippen LogP contribution in [0.3, 0.4) is 0 Å². The molecule has 0 spiro atoms. The Morgan fingerprint density at radius 2 is 2.08 bits per heavy atom. The molecule has 6 nitrogen and oxygen atoms in total. The fourth-order valence-corrected chi connectivity index (χ4v) is 3.19. The topological polar surface area (TPSA) is 60.6 Å². The minimum Gasteiger partial charge on any atom is -0.308 e. The number of fused-ring (bicyclic) bond motifs is 1. The van der Waals surface area contributed by atoms with Crippen molar-refractivity contribution in [2.75, 3.05) is 0 Å². The van der Waals surface area contributed by atoms with Crippen molar-refractivity contribution in [3.8, 4) is 5.69 Å². The second-order valence-electron chi connectivity index (χ2n) is 6.96. The molecule has 4 rings (SSSR count). The standard InChI is InChI=1S/C19H24N6/c1-14(2)19-22-18-9-6-16(13-25(18)23-19)20-12-15-4-7-17(8-5-15)24-11-3-10-21-24/h3-5,7-8,10-11,14,16,20H,6,9,12-13H2,1-2H3. The van der Waals surface area contributed by atoms with Crippen molar-refractivity contribution in [3.05, 3.63) is 59.9 Å². The van der Waals surface area contributed by atoms with Crippen LogP contribution in [-0.2, 0) is 19.5 Å². The highest BCUT2D eigenvalue weighted by Gasteiger charge is 2.22. The van der Waals surface area contributed by atoms with E-state index in [0.717, 1.165) is 43.3 Å². The van der Waals surface area contributed by atoms with Crippen LogP contribution in [0.4, 0.5) is 0 Å². The van der Waals surface area contributed by atoms with Crippen LogP contribution in [0.1, 0.15) is 43.4 Å². The number of rotatable bonds is 5. The van der Waals surface area contributed by atoms with Crippen molar-refractivity contribution in [3.63, 3.8) is 0 Å². The number of hydrogen-bond donors (Lipinski definition) is 1. The van der Waals surface area contributed by atoms with Gasteiger partial charge in [0.1, 0.15) is 5.82 Å². The van der Waals surface area contributed by atoms with Crippen LogP contribution in [0.15, 0.2) is 42.7 Å². The fraction of sp³-hybridized carbons (Fsp3) is 0.421. The Kier molecular flexibility index (Phi) is 4.36. The van der Waals surface area contributed by atoms with Crippen LogP contribution in [0.2, 0.25) is 0 Å². The highest BCUT2D eigenvalue weighted by atomic mass is 15.4. The van der Waals surface area contributed by atoms with E-state index >= 15 is 0 Å². The first-order chi connectivity index (χ1) is 12.2. The molecule has 1 aliphatic rings. The van der Waals surface area contributed by atoms with Gasteiger partial charge in [-0.3, -0.25) is 0 Å². The lowest BCUT2D eigenvalue weighted by atomic mass is 10.1. The smallest absolute Gasteiger partial charge is 0.153 e. The van der Waals surface area contributed by atoms with Gasteiger partial charge < -0.3 is 5.32 Å². The van der Waals surface area contributed by atoms with Crippen molar-refractivity contribution in [1.29, 1.82) is 0 Å². The first-order valence-corrected chi connectivity index (χ1v) is 8.95. The van der Waals surface area contributed by atoms with Crippen LogP contribution in [0.5, 0.6) is 0 Å². The van der Waals surface area contributed by atoms with E-state index in [4.69, 9.17) is 0 Å².